The summed E-state index contributed by atoms with van der Waals surface area (Å²) in [6.07, 6.45) is 1.52. The second kappa shape index (κ2) is 4.07. The van der Waals surface area contributed by atoms with Crippen LogP contribution in [-0.4, -0.2) is 17.2 Å². The molecule has 1 N–H and O–H groups in total. The molecule has 0 radical (unpaired) electrons. The van der Waals surface area contributed by atoms with Crippen LogP contribution >= 0.6 is 27.5 Å². The fourth-order valence-electron chi connectivity index (χ4n) is 0.838. The normalized spacial score (nSPS) is 10.0. The minimum Gasteiger partial charge on any atom is -0.493 e. The summed E-state index contributed by atoms with van der Waals surface area (Å²) in [5, 5.41) is 9.21. The molecule has 1 aromatic heterocycles. The first-order valence-electron chi connectivity index (χ1n) is 3.18. The van der Waals surface area contributed by atoms with Crippen LogP contribution in [0.4, 0.5) is 0 Å². The van der Waals surface area contributed by atoms with Gasteiger partial charge in [0.05, 0.1) is 13.7 Å². The molecule has 0 saturated heterocycles. The summed E-state index contributed by atoms with van der Waals surface area (Å²) in [7, 11) is 1.48. The zero-order valence-corrected chi connectivity index (χ0v) is 8.68. The Morgan fingerprint density at radius 2 is 2.42 bits per heavy atom. The number of ether oxygens (including phenoxy) is 1. The molecule has 0 atom stereocenters. The first kappa shape index (κ1) is 9.77. The van der Waals surface area contributed by atoms with Gasteiger partial charge in [0.25, 0.3) is 0 Å². The number of nitrogens with zero attached hydrogens (tertiary/aromatic N) is 1. The van der Waals surface area contributed by atoms with Crippen molar-refractivity contribution < 1.29 is 9.84 Å². The molecular formula is C7H7BrClNO2. The van der Waals surface area contributed by atoms with E-state index in [1.165, 1.54) is 13.3 Å². The van der Waals surface area contributed by atoms with Gasteiger partial charge >= 0.3 is 0 Å². The third-order valence-electron chi connectivity index (χ3n) is 1.40. The smallest absolute Gasteiger partial charge is 0.171 e. The highest BCUT2D eigenvalue weighted by Crippen LogP contribution is 2.31. The third-order valence-corrected chi connectivity index (χ3v) is 2.36. The van der Waals surface area contributed by atoms with E-state index in [0.29, 0.717) is 15.8 Å². The molecule has 0 fully saturated rings. The average molecular weight is 252 g/mol. The summed E-state index contributed by atoms with van der Waals surface area (Å²) in [5.74, 6) is 0.411. The standard InChI is InChI=1S/C7H7BrClNO2/c1-12-6-4(3-11)5(8)2-10-7(6)9/h2,11H,3H2,1H3. The Bertz CT molecular complexity index is 264. The van der Waals surface area contributed by atoms with E-state index < -0.39 is 0 Å². The van der Waals surface area contributed by atoms with E-state index in [9.17, 15) is 0 Å². The van der Waals surface area contributed by atoms with E-state index in [1.54, 1.807) is 0 Å². The maximum Gasteiger partial charge on any atom is 0.171 e. The number of hydrogen-bond donors (Lipinski definition) is 1. The lowest BCUT2D eigenvalue weighted by Gasteiger charge is -2.08. The van der Waals surface area contributed by atoms with Gasteiger partial charge in [0, 0.05) is 16.2 Å². The number of pyridine rings is 1. The molecule has 0 aromatic carbocycles. The van der Waals surface area contributed by atoms with Crippen molar-refractivity contribution >= 4 is 27.5 Å². The number of aromatic nitrogens is 1. The molecule has 1 rings (SSSR count). The van der Waals surface area contributed by atoms with Crippen LogP contribution in [0, 0.1) is 0 Å². The van der Waals surface area contributed by atoms with E-state index in [1.807, 2.05) is 0 Å². The summed E-state index contributed by atoms with van der Waals surface area (Å²) >= 11 is 8.93. The number of aliphatic hydroxyl groups is 1. The van der Waals surface area contributed by atoms with Crippen molar-refractivity contribution in [1.82, 2.24) is 4.98 Å². The molecular weight excluding hydrogens is 245 g/mol. The number of halogens is 2. The van der Waals surface area contributed by atoms with Gasteiger partial charge in [0.1, 0.15) is 0 Å². The topological polar surface area (TPSA) is 42.4 Å². The molecule has 1 heterocycles. The molecule has 0 aliphatic rings. The van der Waals surface area contributed by atoms with Gasteiger partial charge in [-0.15, -0.1) is 0 Å². The predicted octanol–water partition coefficient (Wildman–Crippen LogP) is 2.00. The van der Waals surface area contributed by atoms with Crippen LogP contribution in [-0.2, 0) is 6.61 Å². The third kappa shape index (κ3) is 1.71. The Labute approximate surface area is 83.5 Å². The minimum atomic E-state index is -0.133. The molecule has 0 aliphatic heterocycles. The van der Waals surface area contributed by atoms with Gasteiger partial charge in [-0.25, -0.2) is 4.98 Å². The highest BCUT2D eigenvalue weighted by molar-refractivity contribution is 9.10. The number of rotatable bonds is 2. The van der Waals surface area contributed by atoms with Crippen LogP contribution < -0.4 is 4.74 Å². The summed E-state index contributed by atoms with van der Waals surface area (Å²) in [5.41, 5.74) is 0.609. The quantitative estimate of drug-likeness (QED) is 0.819. The van der Waals surface area contributed by atoms with Gasteiger partial charge < -0.3 is 9.84 Å². The number of aliphatic hydroxyl groups excluding tert-OH is 1. The Balaban J connectivity index is 3.28. The second-order valence-electron chi connectivity index (χ2n) is 2.07. The lowest BCUT2D eigenvalue weighted by atomic mass is 10.2. The van der Waals surface area contributed by atoms with Crippen LogP contribution in [0.3, 0.4) is 0 Å². The van der Waals surface area contributed by atoms with Crippen molar-refractivity contribution in [2.24, 2.45) is 0 Å². The van der Waals surface area contributed by atoms with Crippen LogP contribution in [0.5, 0.6) is 5.75 Å². The zero-order valence-electron chi connectivity index (χ0n) is 6.34. The van der Waals surface area contributed by atoms with Crippen molar-refractivity contribution in [3.05, 3.63) is 21.4 Å². The first-order chi connectivity index (χ1) is 5.70. The molecule has 0 bridgehead atoms. The number of methoxy groups -OCH3 is 1. The van der Waals surface area contributed by atoms with E-state index >= 15 is 0 Å². The fourth-order valence-corrected chi connectivity index (χ4v) is 1.49. The fraction of sp³-hybridized carbons (Fsp3) is 0.286. The van der Waals surface area contributed by atoms with Crippen molar-refractivity contribution in [2.75, 3.05) is 7.11 Å². The van der Waals surface area contributed by atoms with Crippen molar-refractivity contribution in [3.63, 3.8) is 0 Å². The Morgan fingerprint density at radius 3 is 2.83 bits per heavy atom. The molecule has 0 spiro atoms. The molecule has 66 valence electrons. The summed E-state index contributed by atoms with van der Waals surface area (Å²) in [6.45, 7) is -0.133. The zero-order chi connectivity index (χ0) is 9.14. The average Bonchev–Trinajstić information content (AvgIpc) is 2.08. The van der Waals surface area contributed by atoms with Crippen LogP contribution in [0.25, 0.3) is 0 Å². The molecule has 3 nitrogen and oxygen atoms in total. The van der Waals surface area contributed by atoms with Gasteiger partial charge in [0.15, 0.2) is 10.9 Å². The van der Waals surface area contributed by atoms with Gasteiger partial charge in [-0.05, 0) is 15.9 Å². The first-order valence-corrected chi connectivity index (χ1v) is 4.35. The maximum absolute atomic E-state index is 8.96. The SMILES string of the molecule is COc1c(Cl)ncc(Br)c1CO. The summed E-state index contributed by atoms with van der Waals surface area (Å²) < 4.78 is 5.65. The predicted molar refractivity (Wildman–Crippen MR) is 49.4 cm³/mol. The summed E-state index contributed by atoms with van der Waals surface area (Å²) in [4.78, 5) is 3.84. The van der Waals surface area contributed by atoms with Crippen LogP contribution in [0.15, 0.2) is 10.7 Å². The van der Waals surface area contributed by atoms with Crippen molar-refractivity contribution in [2.45, 2.75) is 6.61 Å². The Hall–Kier alpha value is -0.320. The molecule has 0 saturated carbocycles. The van der Waals surface area contributed by atoms with Gasteiger partial charge in [-0.2, -0.15) is 0 Å². The minimum absolute atomic E-state index is 0.133. The van der Waals surface area contributed by atoms with Gasteiger partial charge in [0.2, 0.25) is 0 Å². The van der Waals surface area contributed by atoms with Crippen LogP contribution in [0.2, 0.25) is 5.15 Å². The van der Waals surface area contributed by atoms with E-state index in [4.69, 9.17) is 21.4 Å². The van der Waals surface area contributed by atoms with Gasteiger partial charge in [-0.3, -0.25) is 0 Å². The van der Waals surface area contributed by atoms with E-state index in [-0.39, 0.29) is 11.8 Å². The van der Waals surface area contributed by atoms with E-state index in [0.717, 1.165) is 0 Å². The highest BCUT2D eigenvalue weighted by Gasteiger charge is 2.11. The molecule has 12 heavy (non-hydrogen) atoms. The van der Waals surface area contributed by atoms with Crippen molar-refractivity contribution in [3.8, 4) is 5.75 Å². The molecule has 0 unspecified atom stereocenters. The van der Waals surface area contributed by atoms with Crippen LogP contribution in [0.1, 0.15) is 5.56 Å². The number of hydrogen-bond acceptors (Lipinski definition) is 3. The monoisotopic (exact) mass is 251 g/mol. The molecule has 0 amide bonds. The summed E-state index contributed by atoms with van der Waals surface area (Å²) in [6, 6.07) is 0. The molecule has 1 aromatic rings. The highest BCUT2D eigenvalue weighted by atomic mass is 79.9. The van der Waals surface area contributed by atoms with Crippen molar-refractivity contribution in [1.29, 1.82) is 0 Å². The lowest BCUT2D eigenvalue weighted by molar-refractivity contribution is 0.272. The lowest BCUT2D eigenvalue weighted by Crippen LogP contribution is -1.95. The van der Waals surface area contributed by atoms with Gasteiger partial charge in [-0.1, -0.05) is 11.6 Å². The molecule has 5 heteroatoms. The Morgan fingerprint density at radius 1 is 1.75 bits per heavy atom. The molecule has 0 aliphatic carbocycles. The second-order valence-corrected chi connectivity index (χ2v) is 3.28. The Kier molecular flexibility index (Phi) is 3.31. The largest absolute Gasteiger partial charge is 0.493 e. The maximum atomic E-state index is 8.96. The van der Waals surface area contributed by atoms with E-state index in [2.05, 4.69) is 20.9 Å².